The molecule has 0 heterocycles. The second-order valence-electron chi connectivity index (χ2n) is 3.71. The molecule has 0 bridgehead atoms. The zero-order chi connectivity index (χ0) is 12.0. The Labute approximate surface area is 95.8 Å². The normalized spacial score (nSPS) is 11.9. The van der Waals surface area contributed by atoms with Crippen molar-refractivity contribution in [3.63, 3.8) is 0 Å². The van der Waals surface area contributed by atoms with Gasteiger partial charge in [-0.2, -0.15) is 0 Å². The Morgan fingerprint density at radius 2 is 2.31 bits per heavy atom. The van der Waals surface area contributed by atoms with Crippen LogP contribution in [0.2, 0.25) is 0 Å². The molecule has 16 heavy (non-hydrogen) atoms. The number of carbonyl (C=O) groups excluding carboxylic acids is 1. The molecule has 1 amide bonds. The van der Waals surface area contributed by atoms with Gasteiger partial charge in [0.2, 0.25) is 5.91 Å². The molecule has 0 aliphatic rings. The first-order valence-corrected chi connectivity index (χ1v) is 5.28. The molecule has 0 fully saturated rings. The van der Waals surface area contributed by atoms with Gasteiger partial charge >= 0.3 is 0 Å². The fourth-order valence-corrected chi connectivity index (χ4v) is 1.25. The smallest absolute Gasteiger partial charge is 0.224 e. The highest BCUT2D eigenvalue weighted by Gasteiger charge is 2.09. The molecule has 1 atom stereocenters. The lowest BCUT2D eigenvalue weighted by Crippen LogP contribution is -2.32. The van der Waals surface area contributed by atoms with Gasteiger partial charge in [-0.25, -0.2) is 0 Å². The van der Waals surface area contributed by atoms with Gasteiger partial charge < -0.3 is 15.8 Å². The summed E-state index contributed by atoms with van der Waals surface area (Å²) in [5.74, 6) is 0.620. The number of nitrogens with two attached hydrogens (primary N) is 1. The van der Waals surface area contributed by atoms with E-state index in [9.17, 15) is 4.79 Å². The van der Waals surface area contributed by atoms with Crippen molar-refractivity contribution < 1.29 is 9.53 Å². The van der Waals surface area contributed by atoms with Crippen LogP contribution in [0.3, 0.4) is 0 Å². The van der Waals surface area contributed by atoms with Crippen LogP contribution in [0.15, 0.2) is 24.3 Å². The van der Waals surface area contributed by atoms with E-state index in [1.807, 2.05) is 24.3 Å². The van der Waals surface area contributed by atoms with Crippen molar-refractivity contribution in [2.75, 3.05) is 13.7 Å². The minimum Gasteiger partial charge on any atom is -0.497 e. The molecule has 0 spiro atoms. The number of carbonyl (C=O) groups is 1. The zero-order valence-corrected chi connectivity index (χ0v) is 9.69. The van der Waals surface area contributed by atoms with Crippen LogP contribution in [0.1, 0.15) is 12.5 Å². The molecule has 0 aromatic heterocycles. The van der Waals surface area contributed by atoms with Crippen LogP contribution in [0.4, 0.5) is 0 Å². The number of methoxy groups -OCH3 is 1. The van der Waals surface area contributed by atoms with Crippen molar-refractivity contribution in [3.8, 4) is 5.75 Å². The lowest BCUT2D eigenvalue weighted by Gasteiger charge is -2.10. The van der Waals surface area contributed by atoms with Gasteiger partial charge in [0.15, 0.2) is 0 Å². The first-order valence-electron chi connectivity index (χ1n) is 5.28. The Hall–Kier alpha value is -1.55. The molecule has 0 radical (unpaired) electrons. The molecule has 1 unspecified atom stereocenters. The molecule has 1 aromatic carbocycles. The number of amides is 1. The highest BCUT2D eigenvalue weighted by Crippen LogP contribution is 2.12. The van der Waals surface area contributed by atoms with Gasteiger partial charge in [0.1, 0.15) is 5.75 Å². The maximum Gasteiger partial charge on any atom is 0.224 e. The first kappa shape index (κ1) is 12.5. The van der Waals surface area contributed by atoms with Gasteiger partial charge in [0.05, 0.1) is 7.11 Å². The fraction of sp³-hybridized carbons (Fsp3) is 0.417. The predicted molar refractivity (Wildman–Crippen MR) is 63.1 cm³/mol. The van der Waals surface area contributed by atoms with E-state index in [1.165, 1.54) is 0 Å². The third-order valence-corrected chi connectivity index (χ3v) is 2.40. The summed E-state index contributed by atoms with van der Waals surface area (Å²) in [6.45, 7) is 2.67. The Bertz CT molecular complexity index is 353. The third kappa shape index (κ3) is 3.55. The summed E-state index contributed by atoms with van der Waals surface area (Å²) in [6.07, 6.45) is 0. The molecule has 1 rings (SSSR count). The van der Waals surface area contributed by atoms with Gasteiger partial charge in [0.25, 0.3) is 0 Å². The van der Waals surface area contributed by atoms with Gasteiger partial charge in [-0.3, -0.25) is 4.79 Å². The number of hydrogen-bond acceptors (Lipinski definition) is 3. The molecule has 88 valence electrons. The summed E-state index contributed by atoms with van der Waals surface area (Å²) >= 11 is 0. The van der Waals surface area contributed by atoms with Gasteiger partial charge in [0, 0.05) is 19.0 Å². The van der Waals surface area contributed by atoms with Crippen LogP contribution in [0, 0.1) is 5.92 Å². The van der Waals surface area contributed by atoms with E-state index in [-0.39, 0.29) is 11.8 Å². The summed E-state index contributed by atoms with van der Waals surface area (Å²) in [4.78, 5) is 11.5. The maximum absolute atomic E-state index is 11.5. The lowest BCUT2D eigenvalue weighted by atomic mass is 10.1. The molecule has 4 nitrogen and oxygen atoms in total. The van der Waals surface area contributed by atoms with E-state index in [0.717, 1.165) is 11.3 Å². The molecule has 1 aromatic rings. The maximum atomic E-state index is 11.5. The molecule has 0 aliphatic heterocycles. The molecule has 0 saturated carbocycles. The SMILES string of the molecule is COc1cccc(CNC(=O)C(C)CN)c1. The summed E-state index contributed by atoms with van der Waals surface area (Å²) in [5, 5.41) is 2.83. The Kier molecular flexibility index (Phi) is 4.79. The molecule has 0 saturated heterocycles. The number of rotatable bonds is 5. The van der Waals surface area contributed by atoms with E-state index in [2.05, 4.69) is 5.32 Å². The van der Waals surface area contributed by atoms with E-state index >= 15 is 0 Å². The van der Waals surface area contributed by atoms with Crippen molar-refractivity contribution in [1.29, 1.82) is 0 Å². The number of hydrogen-bond donors (Lipinski definition) is 2. The van der Waals surface area contributed by atoms with Crippen molar-refractivity contribution >= 4 is 5.91 Å². The summed E-state index contributed by atoms with van der Waals surface area (Å²) in [5.41, 5.74) is 6.42. The van der Waals surface area contributed by atoms with Crippen LogP contribution in [0.5, 0.6) is 5.75 Å². The van der Waals surface area contributed by atoms with E-state index in [4.69, 9.17) is 10.5 Å². The Balaban J connectivity index is 2.51. The minimum atomic E-state index is -0.148. The molecule has 0 aliphatic carbocycles. The number of benzene rings is 1. The topological polar surface area (TPSA) is 64.3 Å². The number of nitrogens with one attached hydrogen (secondary N) is 1. The molecule has 4 heteroatoms. The zero-order valence-electron chi connectivity index (χ0n) is 9.69. The fourth-order valence-electron chi connectivity index (χ4n) is 1.25. The van der Waals surface area contributed by atoms with Gasteiger partial charge in [-0.15, -0.1) is 0 Å². The van der Waals surface area contributed by atoms with E-state index < -0.39 is 0 Å². The van der Waals surface area contributed by atoms with Crippen molar-refractivity contribution in [3.05, 3.63) is 29.8 Å². The minimum absolute atomic E-state index is 0.0229. The average molecular weight is 222 g/mol. The van der Waals surface area contributed by atoms with Crippen LogP contribution >= 0.6 is 0 Å². The van der Waals surface area contributed by atoms with Crippen LogP contribution in [-0.4, -0.2) is 19.6 Å². The lowest BCUT2D eigenvalue weighted by molar-refractivity contribution is -0.124. The third-order valence-electron chi connectivity index (χ3n) is 2.40. The van der Waals surface area contributed by atoms with Crippen molar-refractivity contribution in [1.82, 2.24) is 5.32 Å². The summed E-state index contributed by atoms with van der Waals surface area (Å²) in [7, 11) is 1.62. The molecular weight excluding hydrogens is 204 g/mol. The van der Waals surface area contributed by atoms with Gasteiger partial charge in [-0.05, 0) is 17.7 Å². The Morgan fingerprint density at radius 1 is 1.56 bits per heavy atom. The Morgan fingerprint density at radius 3 is 2.94 bits per heavy atom. The monoisotopic (exact) mass is 222 g/mol. The van der Waals surface area contributed by atoms with E-state index in [1.54, 1.807) is 14.0 Å². The second-order valence-corrected chi connectivity index (χ2v) is 3.71. The van der Waals surface area contributed by atoms with Crippen molar-refractivity contribution in [2.45, 2.75) is 13.5 Å². The predicted octanol–water partition coefficient (Wildman–Crippen LogP) is 0.906. The highest BCUT2D eigenvalue weighted by molar-refractivity contribution is 5.78. The summed E-state index contributed by atoms with van der Waals surface area (Å²) < 4.78 is 5.10. The van der Waals surface area contributed by atoms with Crippen LogP contribution < -0.4 is 15.8 Å². The van der Waals surface area contributed by atoms with Crippen molar-refractivity contribution in [2.24, 2.45) is 11.7 Å². The van der Waals surface area contributed by atoms with Crippen LogP contribution in [-0.2, 0) is 11.3 Å². The van der Waals surface area contributed by atoms with Crippen LogP contribution in [0.25, 0.3) is 0 Å². The second kappa shape index (κ2) is 6.12. The molecular formula is C12H18N2O2. The summed E-state index contributed by atoms with van der Waals surface area (Å²) in [6, 6.07) is 7.60. The largest absolute Gasteiger partial charge is 0.497 e. The molecule has 3 N–H and O–H groups in total. The van der Waals surface area contributed by atoms with E-state index in [0.29, 0.717) is 13.1 Å². The standard InChI is InChI=1S/C12H18N2O2/c1-9(7-13)12(15)14-8-10-4-3-5-11(6-10)16-2/h3-6,9H,7-8,13H2,1-2H3,(H,14,15). The number of ether oxygens (including phenoxy) is 1. The quantitative estimate of drug-likeness (QED) is 0.778. The highest BCUT2D eigenvalue weighted by atomic mass is 16.5. The van der Waals surface area contributed by atoms with Gasteiger partial charge in [-0.1, -0.05) is 19.1 Å². The first-order chi connectivity index (χ1) is 7.67. The average Bonchev–Trinajstić information content (AvgIpc) is 2.35.